The summed E-state index contributed by atoms with van der Waals surface area (Å²) >= 11 is 0. The van der Waals surface area contributed by atoms with E-state index in [-0.39, 0.29) is 12.0 Å². The van der Waals surface area contributed by atoms with Gasteiger partial charge in [0.2, 0.25) is 0 Å². The molecule has 0 aliphatic heterocycles. The van der Waals surface area contributed by atoms with Crippen molar-refractivity contribution >= 4 is 0 Å². The van der Waals surface area contributed by atoms with Crippen molar-refractivity contribution in [3.63, 3.8) is 0 Å². The van der Waals surface area contributed by atoms with E-state index in [0.29, 0.717) is 0 Å². The number of methoxy groups -OCH3 is 1. The maximum Gasteiger partial charge on any atom is 0.106 e. The Labute approximate surface area is 67.0 Å². The molecule has 4 atom stereocenters. The van der Waals surface area contributed by atoms with Gasteiger partial charge in [-0.05, 0) is 18.8 Å². The van der Waals surface area contributed by atoms with Gasteiger partial charge >= 0.3 is 0 Å². The second-order valence-corrected chi connectivity index (χ2v) is 3.31. The molecule has 0 aromatic rings. The van der Waals surface area contributed by atoms with Crippen molar-refractivity contribution in [3.8, 4) is 0 Å². The summed E-state index contributed by atoms with van der Waals surface area (Å²) in [6.45, 7) is 1.94. The zero-order valence-corrected chi connectivity index (χ0v) is 7.03. The number of hydrogen-bond acceptors (Lipinski definition) is 3. The molecule has 3 nitrogen and oxygen atoms in total. The van der Waals surface area contributed by atoms with Crippen LogP contribution in [0.25, 0.3) is 0 Å². The van der Waals surface area contributed by atoms with Gasteiger partial charge in [0.1, 0.15) is 6.10 Å². The van der Waals surface area contributed by atoms with Crippen molar-refractivity contribution in [1.29, 1.82) is 0 Å². The molecule has 0 spiro atoms. The normalized spacial score (nSPS) is 45.8. The van der Waals surface area contributed by atoms with Gasteiger partial charge in [-0.2, -0.15) is 0 Å². The van der Waals surface area contributed by atoms with E-state index in [9.17, 15) is 10.2 Å². The number of aliphatic hydroxyl groups is 2. The van der Waals surface area contributed by atoms with Gasteiger partial charge in [0, 0.05) is 7.11 Å². The van der Waals surface area contributed by atoms with E-state index < -0.39 is 12.2 Å². The molecular formula is C8H16O3. The third kappa shape index (κ3) is 1.72. The summed E-state index contributed by atoms with van der Waals surface area (Å²) in [5.74, 6) is 0.191. The van der Waals surface area contributed by atoms with Crippen molar-refractivity contribution in [3.05, 3.63) is 0 Å². The van der Waals surface area contributed by atoms with Gasteiger partial charge in [-0.1, -0.05) is 6.92 Å². The minimum Gasteiger partial charge on any atom is -0.390 e. The molecule has 1 aliphatic carbocycles. The molecule has 1 rings (SSSR count). The summed E-state index contributed by atoms with van der Waals surface area (Å²) in [6, 6.07) is 0. The fourth-order valence-corrected chi connectivity index (χ4v) is 1.58. The van der Waals surface area contributed by atoms with Crippen LogP contribution in [0.4, 0.5) is 0 Å². The smallest absolute Gasteiger partial charge is 0.106 e. The highest BCUT2D eigenvalue weighted by Crippen LogP contribution is 2.26. The van der Waals surface area contributed by atoms with Crippen LogP contribution < -0.4 is 0 Å². The van der Waals surface area contributed by atoms with Crippen LogP contribution in [0.1, 0.15) is 19.8 Å². The molecule has 0 aromatic carbocycles. The van der Waals surface area contributed by atoms with E-state index in [1.807, 2.05) is 6.92 Å². The molecule has 0 heterocycles. The topological polar surface area (TPSA) is 49.7 Å². The first-order valence-corrected chi connectivity index (χ1v) is 4.05. The Balaban J connectivity index is 2.52. The average molecular weight is 160 g/mol. The minimum absolute atomic E-state index is 0.179. The van der Waals surface area contributed by atoms with E-state index in [0.717, 1.165) is 12.8 Å². The Bertz CT molecular complexity index is 125. The molecule has 1 aliphatic rings. The van der Waals surface area contributed by atoms with Crippen molar-refractivity contribution in [2.45, 2.75) is 38.1 Å². The highest BCUT2D eigenvalue weighted by atomic mass is 16.5. The second-order valence-electron chi connectivity index (χ2n) is 3.31. The van der Waals surface area contributed by atoms with Crippen LogP contribution in [0.5, 0.6) is 0 Å². The third-order valence-electron chi connectivity index (χ3n) is 2.52. The summed E-state index contributed by atoms with van der Waals surface area (Å²) < 4.78 is 5.01. The Morgan fingerprint density at radius 2 is 1.82 bits per heavy atom. The monoisotopic (exact) mass is 160 g/mol. The first-order chi connectivity index (χ1) is 5.16. The van der Waals surface area contributed by atoms with Crippen LogP contribution in [0.15, 0.2) is 0 Å². The van der Waals surface area contributed by atoms with Crippen molar-refractivity contribution in [2.75, 3.05) is 7.11 Å². The van der Waals surface area contributed by atoms with Gasteiger partial charge in [0.25, 0.3) is 0 Å². The molecule has 0 saturated heterocycles. The van der Waals surface area contributed by atoms with Crippen molar-refractivity contribution in [1.82, 2.24) is 0 Å². The predicted molar refractivity (Wildman–Crippen MR) is 41.2 cm³/mol. The molecule has 3 heteroatoms. The molecular weight excluding hydrogens is 144 g/mol. The highest BCUT2D eigenvalue weighted by Gasteiger charge is 2.34. The zero-order chi connectivity index (χ0) is 8.43. The molecule has 1 saturated carbocycles. The standard InChI is InChI=1S/C8H16O3/c1-5-3-4-6(11-2)8(10)7(5)9/h5-10H,3-4H2,1-2H3/t5-,6?,7?,8?/m0/s1. The minimum atomic E-state index is -0.705. The molecule has 2 N–H and O–H groups in total. The summed E-state index contributed by atoms with van der Waals surface area (Å²) in [5, 5.41) is 18.9. The van der Waals surface area contributed by atoms with E-state index >= 15 is 0 Å². The van der Waals surface area contributed by atoms with E-state index in [2.05, 4.69) is 0 Å². The van der Waals surface area contributed by atoms with Gasteiger partial charge in [0.05, 0.1) is 12.2 Å². The van der Waals surface area contributed by atoms with Crippen LogP contribution in [0.2, 0.25) is 0 Å². The number of hydrogen-bond donors (Lipinski definition) is 2. The van der Waals surface area contributed by atoms with E-state index in [4.69, 9.17) is 4.74 Å². The van der Waals surface area contributed by atoms with Crippen LogP contribution >= 0.6 is 0 Å². The Morgan fingerprint density at radius 1 is 1.18 bits per heavy atom. The van der Waals surface area contributed by atoms with E-state index in [1.165, 1.54) is 0 Å². The van der Waals surface area contributed by atoms with Crippen LogP contribution in [0.3, 0.4) is 0 Å². The summed E-state index contributed by atoms with van der Waals surface area (Å²) in [4.78, 5) is 0. The largest absolute Gasteiger partial charge is 0.390 e. The lowest BCUT2D eigenvalue weighted by atomic mass is 9.84. The van der Waals surface area contributed by atoms with Gasteiger partial charge in [-0.3, -0.25) is 0 Å². The average Bonchev–Trinajstić information content (AvgIpc) is 2.01. The molecule has 0 radical (unpaired) electrons. The molecule has 3 unspecified atom stereocenters. The summed E-state index contributed by atoms with van der Waals surface area (Å²) in [6.07, 6.45) is 0.269. The first kappa shape index (κ1) is 8.97. The van der Waals surface area contributed by atoms with Crippen LogP contribution in [-0.2, 0) is 4.74 Å². The van der Waals surface area contributed by atoms with E-state index in [1.54, 1.807) is 7.11 Å². The SMILES string of the molecule is COC1CC[C@H](C)C(O)C1O. The quantitative estimate of drug-likeness (QED) is 0.574. The predicted octanol–water partition coefficient (Wildman–Crippen LogP) is 0.153. The van der Waals surface area contributed by atoms with Gasteiger partial charge in [-0.25, -0.2) is 0 Å². The number of ether oxygens (including phenoxy) is 1. The van der Waals surface area contributed by atoms with Gasteiger partial charge in [-0.15, -0.1) is 0 Å². The fraction of sp³-hybridized carbons (Fsp3) is 1.00. The Hall–Kier alpha value is -0.120. The van der Waals surface area contributed by atoms with Crippen molar-refractivity contribution in [2.24, 2.45) is 5.92 Å². The zero-order valence-electron chi connectivity index (χ0n) is 7.03. The molecule has 0 amide bonds. The maximum atomic E-state index is 9.43. The Kier molecular flexibility index (Phi) is 2.87. The van der Waals surface area contributed by atoms with Crippen LogP contribution in [-0.4, -0.2) is 35.6 Å². The summed E-state index contributed by atoms with van der Waals surface area (Å²) in [5.41, 5.74) is 0. The number of rotatable bonds is 1. The lowest BCUT2D eigenvalue weighted by Gasteiger charge is -2.34. The lowest BCUT2D eigenvalue weighted by Crippen LogP contribution is -2.46. The number of aliphatic hydroxyl groups excluding tert-OH is 2. The van der Waals surface area contributed by atoms with Crippen LogP contribution in [0, 0.1) is 5.92 Å². The molecule has 1 fully saturated rings. The molecule has 0 aromatic heterocycles. The molecule has 11 heavy (non-hydrogen) atoms. The van der Waals surface area contributed by atoms with Crippen molar-refractivity contribution < 1.29 is 14.9 Å². The molecule has 66 valence electrons. The Morgan fingerprint density at radius 3 is 2.36 bits per heavy atom. The van der Waals surface area contributed by atoms with Gasteiger partial charge in [0.15, 0.2) is 0 Å². The maximum absolute atomic E-state index is 9.43. The lowest BCUT2D eigenvalue weighted by molar-refractivity contribution is -0.119. The fourth-order valence-electron chi connectivity index (χ4n) is 1.58. The second kappa shape index (κ2) is 3.52. The third-order valence-corrected chi connectivity index (χ3v) is 2.52. The highest BCUT2D eigenvalue weighted by molar-refractivity contribution is 4.85. The first-order valence-electron chi connectivity index (χ1n) is 4.05. The molecule has 0 bridgehead atoms. The van der Waals surface area contributed by atoms with Gasteiger partial charge < -0.3 is 14.9 Å². The summed E-state index contributed by atoms with van der Waals surface area (Å²) in [7, 11) is 1.57.